The highest BCUT2D eigenvalue weighted by Crippen LogP contribution is 2.27. The maximum atomic E-state index is 12.8. The Morgan fingerprint density at radius 3 is 2.72 bits per heavy atom. The largest absolute Gasteiger partial charge is 0.464 e. The average molecular weight is 415 g/mol. The third kappa shape index (κ3) is 4.91. The summed E-state index contributed by atoms with van der Waals surface area (Å²) in [5.41, 5.74) is 0.160. The molecule has 150 valence electrons. The highest BCUT2D eigenvalue weighted by molar-refractivity contribution is 8.04. The minimum Gasteiger partial charge on any atom is -0.464 e. The molecule has 1 aromatic heterocycles. The maximum absolute atomic E-state index is 12.8. The van der Waals surface area contributed by atoms with E-state index in [4.69, 9.17) is 4.74 Å². The number of Topliss-reactive ketones (excluding diaryl/α,β-unsaturated/α-hetero) is 1. The minimum atomic E-state index is -0.764. The van der Waals surface area contributed by atoms with E-state index in [0.29, 0.717) is 11.5 Å². The van der Waals surface area contributed by atoms with Gasteiger partial charge in [-0.3, -0.25) is 14.7 Å². The van der Waals surface area contributed by atoms with Gasteiger partial charge in [-0.25, -0.2) is 9.59 Å². The standard InChI is InChI=1S/C19H17N3O6S/c1-27-18(25)16-15-13(21-22-16)9-11(23)10-14(17(15)24)29-8-7-20-19(26)28-12-5-3-2-4-6-12/h2-6,10H,7-9H2,1H3,(H,20,26)(H,21,22). The molecule has 0 bridgehead atoms. The molecule has 0 unspecified atom stereocenters. The first-order chi connectivity index (χ1) is 14.0. The van der Waals surface area contributed by atoms with E-state index in [1.54, 1.807) is 30.3 Å². The summed E-state index contributed by atoms with van der Waals surface area (Å²) in [6.07, 6.45) is 0.542. The minimum absolute atomic E-state index is 0.0397. The number of benzene rings is 1. The number of H-pyrrole nitrogens is 1. The summed E-state index contributed by atoms with van der Waals surface area (Å²) in [4.78, 5) is 48.7. The number of nitrogens with zero attached hydrogens (tertiary/aromatic N) is 1. The summed E-state index contributed by atoms with van der Waals surface area (Å²) < 4.78 is 9.74. The van der Waals surface area contributed by atoms with Gasteiger partial charge in [-0.15, -0.1) is 11.8 Å². The van der Waals surface area contributed by atoms with Crippen LogP contribution in [0.5, 0.6) is 5.75 Å². The number of aromatic nitrogens is 2. The van der Waals surface area contributed by atoms with Crippen molar-refractivity contribution in [3.05, 3.63) is 58.3 Å². The summed E-state index contributed by atoms with van der Waals surface area (Å²) in [5.74, 6) is -0.823. The van der Waals surface area contributed by atoms with Gasteiger partial charge in [0.2, 0.25) is 5.78 Å². The predicted octanol–water partition coefficient (Wildman–Crippen LogP) is 1.91. The molecule has 0 saturated heterocycles. The van der Waals surface area contributed by atoms with Crippen molar-refractivity contribution in [2.45, 2.75) is 6.42 Å². The van der Waals surface area contributed by atoms with Gasteiger partial charge in [-0.1, -0.05) is 18.2 Å². The number of carbonyl (C=O) groups excluding carboxylic acids is 4. The lowest BCUT2D eigenvalue weighted by molar-refractivity contribution is -0.114. The smallest absolute Gasteiger partial charge is 0.412 e. The van der Waals surface area contributed by atoms with Gasteiger partial charge >= 0.3 is 12.1 Å². The van der Waals surface area contributed by atoms with E-state index in [0.717, 1.165) is 11.8 Å². The Morgan fingerprint density at radius 1 is 1.24 bits per heavy atom. The second-order valence-electron chi connectivity index (χ2n) is 5.88. The molecule has 1 aromatic carbocycles. The highest BCUT2D eigenvalue weighted by atomic mass is 32.2. The van der Waals surface area contributed by atoms with Gasteiger partial charge in [0.1, 0.15) is 5.75 Å². The normalized spacial score (nSPS) is 13.2. The molecule has 0 saturated carbocycles. The molecule has 29 heavy (non-hydrogen) atoms. The van der Waals surface area contributed by atoms with E-state index in [1.165, 1.54) is 13.2 Å². The fraction of sp³-hybridized carbons (Fsp3) is 0.211. The number of hydrogen-bond acceptors (Lipinski definition) is 8. The lowest BCUT2D eigenvalue weighted by Gasteiger charge is -2.08. The lowest BCUT2D eigenvalue weighted by Crippen LogP contribution is -2.28. The van der Waals surface area contributed by atoms with Crippen LogP contribution in [0.15, 0.2) is 41.3 Å². The second-order valence-corrected chi connectivity index (χ2v) is 7.01. The number of amides is 1. The van der Waals surface area contributed by atoms with E-state index in [9.17, 15) is 19.2 Å². The molecule has 0 spiro atoms. The van der Waals surface area contributed by atoms with Crippen molar-refractivity contribution in [1.82, 2.24) is 15.5 Å². The number of rotatable bonds is 6. The summed E-state index contributed by atoms with van der Waals surface area (Å²) in [6, 6.07) is 8.59. The third-order valence-corrected chi connectivity index (χ3v) is 4.92. The Bertz CT molecular complexity index is 983. The molecular formula is C19H17N3O6S. The molecule has 2 aromatic rings. The van der Waals surface area contributed by atoms with Crippen molar-refractivity contribution in [2.75, 3.05) is 19.4 Å². The first-order valence-electron chi connectivity index (χ1n) is 8.58. The molecule has 1 aliphatic carbocycles. The van der Waals surface area contributed by atoms with Gasteiger partial charge in [-0.2, -0.15) is 5.10 Å². The van der Waals surface area contributed by atoms with Crippen molar-refractivity contribution >= 4 is 35.4 Å². The molecular weight excluding hydrogens is 398 g/mol. The zero-order valence-corrected chi connectivity index (χ0v) is 16.2. The van der Waals surface area contributed by atoms with Crippen LogP contribution in [0.3, 0.4) is 0 Å². The molecule has 1 amide bonds. The number of para-hydroxylation sites is 1. The van der Waals surface area contributed by atoms with Crippen LogP contribution in [-0.4, -0.2) is 53.2 Å². The Labute approximate surface area is 169 Å². The quantitative estimate of drug-likeness (QED) is 0.541. The maximum Gasteiger partial charge on any atom is 0.412 e. The molecule has 3 rings (SSSR count). The first-order valence-corrected chi connectivity index (χ1v) is 9.56. The van der Waals surface area contributed by atoms with Crippen molar-refractivity contribution < 1.29 is 28.7 Å². The van der Waals surface area contributed by atoms with Gasteiger partial charge in [-0.05, 0) is 18.2 Å². The van der Waals surface area contributed by atoms with Crippen LogP contribution < -0.4 is 10.1 Å². The fourth-order valence-electron chi connectivity index (χ4n) is 2.61. The van der Waals surface area contributed by atoms with Gasteiger partial charge in [0.25, 0.3) is 0 Å². The lowest BCUT2D eigenvalue weighted by atomic mass is 10.1. The number of carbonyl (C=O) groups is 4. The van der Waals surface area contributed by atoms with E-state index in [-0.39, 0.29) is 40.6 Å². The van der Waals surface area contributed by atoms with Crippen molar-refractivity contribution in [3.63, 3.8) is 0 Å². The predicted molar refractivity (Wildman–Crippen MR) is 104 cm³/mol. The van der Waals surface area contributed by atoms with Crippen LogP contribution in [0.25, 0.3) is 0 Å². The molecule has 10 heteroatoms. The Hall–Kier alpha value is -3.40. The number of nitrogens with one attached hydrogen (secondary N) is 2. The number of methoxy groups -OCH3 is 1. The van der Waals surface area contributed by atoms with Crippen LogP contribution in [0.1, 0.15) is 26.5 Å². The van der Waals surface area contributed by atoms with Crippen LogP contribution in [0, 0.1) is 0 Å². The number of aromatic amines is 1. The zero-order valence-electron chi connectivity index (χ0n) is 15.4. The van der Waals surface area contributed by atoms with Gasteiger partial charge < -0.3 is 14.8 Å². The second kappa shape index (κ2) is 9.20. The number of hydrogen-bond donors (Lipinski definition) is 2. The highest BCUT2D eigenvalue weighted by Gasteiger charge is 2.31. The molecule has 0 aliphatic heterocycles. The Morgan fingerprint density at radius 2 is 2.00 bits per heavy atom. The van der Waals surface area contributed by atoms with Crippen LogP contribution in [-0.2, 0) is 16.0 Å². The van der Waals surface area contributed by atoms with E-state index < -0.39 is 17.8 Å². The summed E-state index contributed by atoms with van der Waals surface area (Å²) in [7, 11) is 1.18. The molecule has 0 radical (unpaired) electrons. The fourth-order valence-corrected chi connectivity index (χ4v) is 3.48. The average Bonchev–Trinajstić information content (AvgIpc) is 3.08. The molecule has 0 atom stereocenters. The molecule has 9 nitrogen and oxygen atoms in total. The van der Waals surface area contributed by atoms with Crippen molar-refractivity contribution in [2.24, 2.45) is 0 Å². The van der Waals surface area contributed by atoms with Crippen molar-refractivity contribution in [3.8, 4) is 5.75 Å². The number of fused-ring (bicyclic) bond motifs is 1. The SMILES string of the molecule is COC(=O)c1n[nH]c2c1C(=O)C(SCCNC(=O)Oc1ccccc1)=CC(=O)C2. The third-order valence-electron chi connectivity index (χ3n) is 3.90. The Balaban J connectivity index is 1.60. The van der Waals surface area contributed by atoms with Gasteiger partial charge in [0.05, 0.1) is 29.7 Å². The Kier molecular flexibility index (Phi) is 6.45. The number of thioether (sulfide) groups is 1. The van der Waals surface area contributed by atoms with E-state index in [2.05, 4.69) is 20.3 Å². The van der Waals surface area contributed by atoms with Crippen LogP contribution in [0.4, 0.5) is 4.79 Å². The summed E-state index contributed by atoms with van der Waals surface area (Å²) in [6.45, 7) is 0.206. The summed E-state index contributed by atoms with van der Waals surface area (Å²) in [5, 5.41) is 8.93. The van der Waals surface area contributed by atoms with Crippen molar-refractivity contribution in [1.29, 1.82) is 0 Å². The van der Waals surface area contributed by atoms with Crippen LogP contribution in [0.2, 0.25) is 0 Å². The first kappa shape index (κ1) is 20.3. The number of ether oxygens (including phenoxy) is 2. The molecule has 1 aliphatic rings. The molecule has 2 N–H and O–H groups in total. The number of allylic oxidation sites excluding steroid dienone is 2. The van der Waals surface area contributed by atoms with Crippen LogP contribution >= 0.6 is 11.8 Å². The topological polar surface area (TPSA) is 127 Å². The van der Waals surface area contributed by atoms with E-state index in [1.807, 2.05) is 0 Å². The number of esters is 1. The zero-order chi connectivity index (χ0) is 20.8. The number of ketones is 2. The molecule has 1 heterocycles. The molecule has 0 fully saturated rings. The monoisotopic (exact) mass is 415 g/mol. The van der Waals surface area contributed by atoms with Gasteiger partial charge in [0.15, 0.2) is 11.5 Å². The summed E-state index contributed by atoms with van der Waals surface area (Å²) >= 11 is 1.09. The van der Waals surface area contributed by atoms with Gasteiger partial charge in [0, 0.05) is 12.3 Å². The van der Waals surface area contributed by atoms with E-state index >= 15 is 0 Å².